The van der Waals surface area contributed by atoms with Gasteiger partial charge in [-0.05, 0) is 57.2 Å². The van der Waals surface area contributed by atoms with Gasteiger partial charge in [0.25, 0.3) is 5.91 Å². The molecule has 0 unspecified atom stereocenters. The molecule has 2 aliphatic carbocycles. The van der Waals surface area contributed by atoms with Gasteiger partial charge in [0.2, 0.25) is 0 Å². The summed E-state index contributed by atoms with van der Waals surface area (Å²) in [4.78, 5) is 25.1. The number of nitrogens with zero attached hydrogens (tertiary/aromatic N) is 3. The molecule has 2 fully saturated rings. The highest BCUT2D eigenvalue weighted by Crippen LogP contribution is 2.40. The summed E-state index contributed by atoms with van der Waals surface area (Å²) in [5.74, 6) is 0.827. The average Bonchev–Trinajstić information content (AvgIpc) is 3.18. The van der Waals surface area contributed by atoms with E-state index in [2.05, 4.69) is 24.8 Å². The van der Waals surface area contributed by atoms with Crippen molar-refractivity contribution in [3.05, 3.63) is 47.8 Å². The van der Waals surface area contributed by atoms with Crippen LogP contribution in [0.1, 0.15) is 60.0 Å². The third kappa shape index (κ3) is 2.35. The maximum atomic E-state index is 12.9. The zero-order valence-electron chi connectivity index (χ0n) is 14.2. The quantitative estimate of drug-likeness (QED) is 0.769. The van der Waals surface area contributed by atoms with Crippen LogP contribution >= 0.6 is 0 Å². The largest absolute Gasteiger partial charge is 0.344 e. The Hall–Kier alpha value is -2.63. The van der Waals surface area contributed by atoms with Crippen LogP contribution < -0.4 is 5.32 Å². The molecule has 6 heteroatoms. The molecule has 3 aromatic rings. The lowest BCUT2D eigenvalue weighted by molar-refractivity contribution is 0.0810. The van der Waals surface area contributed by atoms with Crippen LogP contribution in [0, 0.1) is 6.92 Å². The summed E-state index contributed by atoms with van der Waals surface area (Å²) in [7, 11) is 0. The number of fused-ring (bicyclic) bond motifs is 1. The van der Waals surface area contributed by atoms with Gasteiger partial charge < -0.3 is 14.9 Å². The van der Waals surface area contributed by atoms with Crippen molar-refractivity contribution in [3.8, 4) is 0 Å². The predicted octanol–water partition coefficient (Wildman–Crippen LogP) is 3.21. The van der Waals surface area contributed by atoms with Gasteiger partial charge in [-0.1, -0.05) is 0 Å². The molecule has 5 rings (SSSR count). The van der Waals surface area contributed by atoms with E-state index in [1.807, 2.05) is 37.6 Å². The highest BCUT2D eigenvalue weighted by molar-refractivity contribution is 5.98. The Bertz CT molecular complexity index is 961. The maximum Gasteiger partial charge on any atom is 0.252 e. The molecular formula is C19H21N5O. The van der Waals surface area contributed by atoms with E-state index in [1.165, 1.54) is 12.8 Å². The predicted molar refractivity (Wildman–Crippen MR) is 94.3 cm³/mol. The molecule has 0 bridgehead atoms. The molecule has 2 N–H and O–H groups in total. The number of imidazole rings is 2. The summed E-state index contributed by atoms with van der Waals surface area (Å²) >= 11 is 0. The molecule has 0 aliphatic heterocycles. The number of hydrogen-bond donors (Lipinski definition) is 2. The number of nitrogens with one attached hydrogen (secondary N) is 2. The number of aryl methyl sites for hydroxylation is 1. The molecule has 2 saturated carbocycles. The van der Waals surface area contributed by atoms with Crippen molar-refractivity contribution in [2.45, 2.75) is 50.6 Å². The minimum Gasteiger partial charge on any atom is -0.344 e. The fourth-order valence-electron chi connectivity index (χ4n) is 3.71. The minimum atomic E-state index is -0.350. The first-order valence-corrected chi connectivity index (χ1v) is 8.96. The second kappa shape index (κ2) is 5.18. The van der Waals surface area contributed by atoms with E-state index in [4.69, 9.17) is 0 Å². The standard InChI is InChI=1S/C19H21N5O/c1-12-10-20-18(22-12)19(7-2-8-19)23-17(25)13-3-6-15-16(9-13)24(11-21-15)14-4-5-14/h3,6,9-11,14H,2,4-5,7-8H2,1H3,(H,20,22)(H,23,25). The molecule has 2 heterocycles. The van der Waals surface area contributed by atoms with Gasteiger partial charge in [-0.2, -0.15) is 0 Å². The number of benzene rings is 1. The van der Waals surface area contributed by atoms with E-state index in [-0.39, 0.29) is 11.4 Å². The Morgan fingerprint density at radius 1 is 1.32 bits per heavy atom. The second-order valence-electron chi connectivity index (χ2n) is 7.39. The SMILES string of the molecule is Cc1cnc(C2(NC(=O)c3ccc4ncn(C5CC5)c4c3)CCC2)[nH]1. The summed E-state index contributed by atoms with van der Waals surface area (Å²) in [5, 5.41) is 3.23. The molecule has 0 saturated heterocycles. The fraction of sp³-hybridized carbons (Fsp3) is 0.421. The van der Waals surface area contributed by atoms with Crippen LogP contribution in [0.15, 0.2) is 30.7 Å². The number of aromatic amines is 1. The Balaban J connectivity index is 1.45. The Morgan fingerprint density at radius 2 is 2.16 bits per heavy atom. The highest BCUT2D eigenvalue weighted by Gasteiger charge is 2.42. The van der Waals surface area contributed by atoms with Crippen molar-refractivity contribution < 1.29 is 4.79 Å². The first kappa shape index (κ1) is 14.7. The number of rotatable bonds is 4. The van der Waals surface area contributed by atoms with Crippen molar-refractivity contribution >= 4 is 16.9 Å². The van der Waals surface area contributed by atoms with Crippen LogP contribution in [0.25, 0.3) is 11.0 Å². The first-order valence-electron chi connectivity index (χ1n) is 8.96. The summed E-state index contributed by atoms with van der Waals surface area (Å²) in [6, 6.07) is 6.32. The van der Waals surface area contributed by atoms with Crippen molar-refractivity contribution in [3.63, 3.8) is 0 Å². The zero-order valence-corrected chi connectivity index (χ0v) is 14.2. The number of hydrogen-bond acceptors (Lipinski definition) is 3. The fourth-order valence-corrected chi connectivity index (χ4v) is 3.71. The van der Waals surface area contributed by atoms with E-state index >= 15 is 0 Å². The lowest BCUT2D eigenvalue weighted by Gasteiger charge is -2.40. The van der Waals surface area contributed by atoms with Gasteiger partial charge >= 0.3 is 0 Å². The number of H-pyrrole nitrogens is 1. The van der Waals surface area contributed by atoms with Crippen LogP contribution in [0.4, 0.5) is 0 Å². The van der Waals surface area contributed by atoms with E-state index in [0.717, 1.165) is 41.8 Å². The molecule has 2 aromatic heterocycles. The molecule has 1 aromatic carbocycles. The smallest absolute Gasteiger partial charge is 0.252 e. The van der Waals surface area contributed by atoms with Gasteiger partial charge in [0.15, 0.2) is 0 Å². The Kier molecular flexibility index (Phi) is 3.04. The van der Waals surface area contributed by atoms with Crippen LogP contribution in [0.5, 0.6) is 0 Å². The van der Waals surface area contributed by atoms with E-state index in [0.29, 0.717) is 11.6 Å². The van der Waals surface area contributed by atoms with E-state index < -0.39 is 0 Å². The number of aromatic nitrogens is 4. The topological polar surface area (TPSA) is 75.6 Å². The lowest BCUT2D eigenvalue weighted by atomic mass is 9.76. The third-order valence-electron chi connectivity index (χ3n) is 5.49. The zero-order chi connectivity index (χ0) is 17.0. The van der Waals surface area contributed by atoms with Crippen LogP contribution in [0.3, 0.4) is 0 Å². The van der Waals surface area contributed by atoms with Crippen molar-refractivity contribution in [1.82, 2.24) is 24.8 Å². The molecule has 0 radical (unpaired) electrons. The van der Waals surface area contributed by atoms with Crippen LogP contribution in [-0.4, -0.2) is 25.4 Å². The molecule has 25 heavy (non-hydrogen) atoms. The Morgan fingerprint density at radius 3 is 2.80 bits per heavy atom. The van der Waals surface area contributed by atoms with Crippen molar-refractivity contribution in [2.24, 2.45) is 0 Å². The number of carbonyl (C=O) groups excluding carboxylic acids is 1. The molecule has 1 amide bonds. The van der Waals surface area contributed by atoms with Gasteiger partial charge in [-0.25, -0.2) is 9.97 Å². The second-order valence-corrected chi connectivity index (χ2v) is 7.39. The third-order valence-corrected chi connectivity index (χ3v) is 5.49. The lowest BCUT2D eigenvalue weighted by Crippen LogP contribution is -2.51. The van der Waals surface area contributed by atoms with Crippen LogP contribution in [0.2, 0.25) is 0 Å². The average molecular weight is 335 g/mol. The molecule has 0 spiro atoms. The van der Waals surface area contributed by atoms with E-state index in [1.54, 1.807) is 0 Å². The number of carbonyl (C=O) groups is 1. The Labute approximate surface area is 145 Å². The molecule has 0 atom stereocenters. The molecule has 128 valence electrons. The van der Waals surface area contributed by atoms with Crippen molar-refractivity contribution in [2.75, 3.05) is 0 Å². The molecule has 6 nitrogen and oxygen atoms in total. The number of amides is 1. The van der Waals surface area contributed by atoms with Gasteiger partial charge in [0.05, 0.1) is 22.9 Å². The van der Waals surface area contributed by atoms with Crippen LogP contribution in [-0.2, 0) is 5.54 Å². The first-order chi connectivity index (χ1) is 12.1. The van der Waals surface area contributed by atoms with E-state index in [9.17, 15) is 4.79 Å². The van der Waals surface area contributed by atoms with Crippen molar-refractivity contribution in [1.29, 1.82) is 0 Å². The molecular weight excluding hydrogens is 314 g/mol. The monoisotopic (exact) mass is 335 g/mol. The van der Waals surface area contributed by atoms with Gasteiger partial charge in [-0.15, -0.1) is 0 Å². The summed E-state index contributed by atoms with van der Waals surface area (Å²) in [6.07, 6.45) is 9.06. The highest BCUT2D eigenvalue weighted by atomic mass is 16.1. The normalized spacial score (nSPS) is 18.9. The van der Waals surface area contributed by atoms with Gasteiger partial charge in [0.1, 0.15) is 5.82 Å². The van der Waals surface area contributed by atoms with Gasteiger partial charge in [0, 0.05) is 23.5 Å². The molecule has 2 aliphatic rings. The maximum absolute atomic E-state index is 12.9. The summed E-state index contributed by atoms with van der Waals surface area (Å²) in [6.45, 7) is 1.98. The van der Waals surface area contributed by atoms with Gasteiger partial charge in [-0.3, -0.25) is 4.79 Å². The summed E-state index contributed by atoms with van der Waals surface area (Å²) < 4.78 is 2.20. The minimum absolute atomic E-state index is 0.0424. The summed E-state index contributed by atoms with van der Waals surface area (Å²) in [5.41, 5.74) is 3.35.